The maximum atomic E-state index is 11.4. The number of hydrogen-bond donors (Lipinski definition) is 3. The summed E-state index contributed by atoms with van der Waals surface area (Å²) in [4.78, 5) is 11.4. The maximum Gasteiger partial charge on any atom is 0.315 e. The van der Waals surface area contributed by atoms with Crippen LogP contribution in [0.15, 0.2) is 12.7 Å². The fraction of sp³-hybridized carbons (Fsp3) is 0.727. The van der Waals surface area contributed by atoms with Crippen LogP contribution in [0, 0.1) is 5.92 Å². The standard InChI is InChI=1S/C11H22N2O2S/c1-4-6-16-7-5-12-11(15)13-10(3)9(2)8-14/h4,9-10,14H,1,5-8H2,2-3H3,(H2,12,13,15). The molecule has 0 fully saturated rings. The molecule has 0 aromatic carbocycles. The highest BCUT2D eigenvalue weighted by Gasteiger charge is 2.12. The number of nitrogens with one attached hydrogen (secondary N) is 2. The van der Waals surface area contributed by atoms with Gasteiger partial charge in [0, 0.05) is 30.7 Å². The normalized spacial score (nSPS) is 13.9. The number of carbonyl (C=O) groups excluding carboxylic acids is 1. The Kier molecular flexibility index (Phi) is 9.13. The molecule has 0 aromatic rings. The Balaban J connectivity index is 3.54. The van der Waals surface area contributed by atoms with Crippen molar-refractivity contribution in [3.8, 4) is 0 Å². The third-order valence-corrected chi connectivity index (χ3v) is 3.23. The fourth-order valence-electron chi connectivity index (χ4n) is 0.962. The molecule has 16 heavy (non-hydrogen) atoms. The second kappa shape index (κ2) is 9.54. The van der Waals surface area contributed by atoms with Crippen LogP contribution in [-0.4, -0.2) is 41.8 Å². The molecule has 0 aliphatic carbocycles. The summed E-state index contributed by atoms with van der Waals surface area (Å²) < 4.78 is 0. The van der Waals surface area contributed by atoms with E-state index in [4.69, 9.17) is 5.11 Å². The van der Waals surface area contributed by atoms with E-state index in [1.807, 2.05) is 19.9 Å². The summed E-state index contributed by atoms with van der Waals surface area (Å²) in [5, 5.41) is 14.5. The van der Waals surface area contributed by atoms with E-state index < -0.39 is 0 Å². The van der Waals surface area contributed by atoms with Gasteiger partial charge in [-0.1, -0.05) is 13.0 Å². The summed E-state index contributed by atoms with van der Waals surface area (Å²) in [5.74, 6) is 1.85. The van der Waals surface area contributed by atoms with Gasteiger partial charge in [-0.3, -0.25) is 0 Å². The first-order valence-electron chi connectivity index (χ1n) is 5.45. The van der Waals surface area contributed by atoms with E-state index in [0.29, 0.717) is 6.54 Å². The van der Waals surface area contributed by atoms with E-state index >= 15 is 0 Å². The molecular weight excluding hydrogens is 224 g/mol. The number of aliphatic hydroxyl groups is 1. The molecule has 0 aliphatic rings. The summed E-state index contributed by atoms with van der Waals surface area (Å²) >= 11 is 1.72. The Morgan fingerprint density at radius 3 is 2.81 bits per heavy atom. The van der Waals surface area contributed by atoms with Crippen LogP contribution in [0.5, 0.6) is 0 Å². The number of thioether (sulfide) groups is 1. The van der Waals surface area contributed by atoms with E-state index in [2.05, 4.69) is 17.2 Å². The molecule has 4 nitrogen and oxygen atoms in total. The maximum absolute atomic E-state index is 11.4. The largest absolute Gasteiger partial charge is 0.396 e. The molecule has 0 saturated heterocycles. The van der Waals surface area contributed by atoms with Crippen LogP contribution in [-0.2, 0) is 0 Å². The lowest BCUT2D eigenvalue weighted by molar-refractivity contribution is 0.200. The van der Waals surface area contributed by atoms with Crippen LogP contribution < -0.4 is 10.6 Å². The van der Waals surface area contributed by atoms with Gasteiger partial charge in [0.1, 0.15) is 0 Å². The third kappa shape index (κ3) is 7.59. The smallest absolute Gasteiger partial charge is 0.315 e. The number of aliphatic hydroxyl groups excluding tert-OH is 1. The van der Waals surface area contributed by atoms with Gasteiger partial charge in [-0.15, -0.1) is 6.58 Å². The van der Waals surface area contributed by atoms with Gasteiger partial charge >= 0.3 is 6.03 Å². The van der Waals surface area contributed by atoms with Gasteiger partial charge < -0.3 is 15.7 Å². The zero-order valence-corrected chi connectivity index (χ0v) is 10.8. The van der Waals surface area contributed by atoms with E-state index in [9.17, 15) is 4.79 Å². The lowest BCUT2D eigenvalue weighted by Gasteiger charge is -2.19. The second-order valence-electron chi connectivity index (χ2n) is 3.71. The minimum absolute atomic E-state index is 0.0224. The quantitative estimate of drug-likeness (QED) is 0.446. The van der Waals surface area contributed by atoms with Crippen molar-refractivity contribution < 1.29 is 9.90 Å². The first-order chi connectivity index (χ1) is 7.61. The number of hydrogen-bond acceptors (Lipinski definition) is 3. The van der Waals surface area contributed by atoms with Crippen molar-refractivity contribution in [2.45, 2.75) is 19.9 Å². The Bertz CT molecular complexity index is 212. The van der Waals surface area contributed by atoms with Crippen molar-refractivity contribution in [1.29, 1.82) is 0 Å². The van der Waals surface area contributed by atoms with Gasteiger partial charge in [-0.25, -0.2) is 4.79 Å². The van der Waals surface area contributed by atoms with Crippen molar-refractivity contribution >= 4 is 17.8 Å². The predicted octanol–water partition coefficient (Wildman–Crippen LogP) is 1.22. The summed E-state index contributed by atoms with van der Waals surface area (Å²) in [6.45, 7) is 8.12. The van der Waals surface area contributed by atoms with Gasteiger partial charge in [-0.2, -0.15) is 11.8 Å². The molecule has 0 bridgehead atoms. The molecule has 2 amide bonds. The SMILES string of the molecule is C=CCSCCNC(=O)NC(C)C(C)CO. The molecule has 0 radical (unpaired) electrons. The van der Waals surface area contributed by atoms with Crippen LogP contribution >= 0.6 is 11.8 Å². The lowest BCUT2D eigenvalue weighted by Crippen LogP contribution is -2.44. The first-order valence-corrected chi connectivity index (χ1v) is 6.61. The molecule has 0 heterocycles. The monoisotopic (exact) mass is 246 g/mol. The average Bonchev–Trinajstić information content (AvgIpc) is 2.27. The van der Waals surface area contributed by atoms with Crippen molar-refractivity contribution in [2.75, 3.05) is 24.7 Å². The summed E-state index contributed by atoms with van der Waals surface area (Å²) in [6.07, 6.45) is 1.84. The zero-order valence-electron chi connectivity index (χ0n) is 10.0. The average molecular weight is 246 g/mol. The van der Waals surface area contributed by atoms with Gasteiger partial charge in [0.2, 0.25) is 0 Å². The molecule has 0 aliphatic heterocycles. The van der Waals surface area contributed by atoms with Crippen molar-refractivity contribution in [1.82, 2.24) is 10.6 Å². The van der Waals surface area contributed by atoms with E-state index in [1.165, 1.54) is 0 Å². The summed E-state index contributed by atoms with van der Waals surface area (Å²) in [7, 11) is 0. The van der Waals surface area contributed by atoms with E-state index in [1.54, 1.807) is 11.8 Å². The Labute approximate surface area is 102 Å². The molecule has 5 heteroatoms. The number of rotatable bonds is 8. The highest BCUT2D eigenvalue weighted by molar-refractivity contribution is 7.99. The predicted molar refractivity (Wildman–Crippen MR) is 69.8 cm³/mol. The number of amides is 2. The molecule has 0 spiro atoms. The van der Waals surface area contributed by atoms with Gasteiger partial charge in [0.25, 0.3) is 0 Å². The van der Waals surface area contributed by atoms with Gasteiger partial charge in [0.15, 0.2) is 0 Å². The van der Waals surface area contributed by atoms with E-state index in [0.717, 1.165) is 11.5 Å². The van der Waals surface area contributed by atoms with E-state index in [-0.39, 0.29) is 24.6 Å². The third-order valence-electron chi connectivity index (χ3n) is 2.27. The highest BCUT2D eigenvalue weighted by Crippen LogP contribution is 2.00. The van der Waals surface area contributed by atoms with Gasteiger partial charge in [0.05, 0.1) is 0 Å². The summed E-state index contributed by atoms with van der Waals surface area (Å²) in [5.41, 5.74) is 0. The minimum Gasteiger partial charge on any atom is -0.396 e. The molecule has 0 saturated carbocycles. The van der Waals surface area contributed by atoms with Crippen molar-refractivity contribution in [3.63, 3.8) is 0 Å². The number of carbonyl (C=O) groups is 1. The zero-order chi connectivity index (χ0) is 12.4. The fourth-order valence-corrected chi connectivity index (χ4v) is 1.54. The first kappa shape index (κ1) is 15.3. The van der Waals surface area contributed by atoms with Crippen molar-refractivity contribution in [3.05, 3.63) is 12.7 Å². The topological polar surface area (TPSA) is 61.4 Å². The molecule has 94 valence electrons. The lowest BCUT2D eigenvalue weighted by atomic mass is 10.1. The summed E-state index contributed by atoms with van der Waals surface area (Å²) in [6, 6.07) is -0.196. The molecule has 2 atom stereocenters. The molecule has 0 aromatic heterocycles. The molecule has 0 rings (SSSR count). The van der Waals surface area contributed by atoms with Crippen LogP contribution in [0.3, 0.4) is 0 Å². The molecular formula is C11H22N2O2S. The number of urea groups is 1. The van der Waals surface area contributed by atoms with Crippen molar-refractivity contribution in [2.24, 2.45) is 5.92 Å². The second-order valence-corrected chi connectivity index (χ2v) is 4.86. The Morgan fingerprint density at radius 2 is 2.25 bits per heavy atom. The minimum atomic E-state index is -0.174. The Hall–Kier alpha value is -0.680. The highest BCUT2D eigenvalue weighted by atomic mass is 32.2. The van der Waals surface area contributed by atoms with Crippen LogP contribution in [0.25, 0.3) is 0 Å². The van der Waals surface area contributed by atoms with Gasteiger partial charge in [-0.05, 0) is 12.8 Å². The molecule has 2 unspecified atom stereocenters. The van der Waals surface area contributed by atoms with Crippen LogP contribution in [0.4, 0.5) is 4.79 Å². The van der Waals surface area contributed by atoms with Crippen LogP contribution in [0.2, 0.25) is 0 Å². The van der Waals surface area contributed by atoms with Crippen LogP contribution in [0.1, 0.15) is 13.8 Å². The Morgan fingerprint density at radius 1 is 1.56 bits per heavy atom. The molecule has 3 N–H and O–H groups in total.